The van der Waals surface area contributed by atoms with Crippen LogP contribution in [0, 0.1) is 16.5 Å². The molecular formula is C17H14F2N2O6. The minimum Gasteiger partial charge on any atom is -0.486 e. The van der Waals surface area contributed by atoms with Crippen molar-refractivity contribution in [3.63, 3.8) is 0 Å². The summed E-state index contributed by atoms with van der Waals surface area (Å²) in [5.41, 5.74) is -3.34. The third-order valence-electron chi connectivity index (χ3n) is 4.92. The Morgan fingerprint density at radius 3 is 2.78 bits per heavy atom. The van der Waals surface area contributed by atoms with E-state index in [1.807, 2.05) is 0 Å². The molecule has 0 saturated carbocycles. The normalized spacial score (nSPS) is 20.7. The van der Waals surface area contributed by atoms with E-state index >= 15 is 0 Å². The van der Waals surface area contributed by atoms with Crippen LogP contribution in [0.3, 0.4) is 0 Å². The summed E-state index contributed by atoms with van der Waals surface area (Å²) in [6.45, 7) is 2.07. The molecule has 1 saturated heterocycles. The highest BCUT2D eigenvalue weighted by Gasteiger charge is 2.44. The summed E-state index contributed by atoms with van der Waals surface area (Å²) >= 11 is 0. The van der Waals surface area contributed by atoms with Gasteiger partial charge in [-0.1, -0.05) is 0 Å². The Labute approximate surface area is 150 Å². The summed E-state index contributed by atoms with van der Waals surface area (Å²) in [5.74, 6) is -4.45. The first-order valence-corrected chi connectivity index (χ1v) is 8.27. The number of pyridine rings is 1. The quantitative estimate of drug-likeness (QED) is 0.599. The first-order chi connectivity index (χ1) is 12.9. The van der Waals surface area contributed by atoms with E-state index in [0.717, 1.165) is 0 Å². The van der Waals surface area contributed by atoms with Crippen molar-refractivity contribution < 1.29 is 27.8 Å². The number of fused-ring (bicyclic) bond motifs is 1. The van der Waals surface area contributed by atoms with Gasteiger partial charge in [-0.25, -0.2) is 9.18 Å². The number of hydrogen-bond donors (Lipinski definition) is 0. The topological polar surface area (TPSA) is 96.2 Å². The average Bonchev–Trinajstić information content (AvgIpc) is 3.12. The van der Waals surface area contributed by atoms with E-state index in [1.165, 1.54) is 10.8 Å². The highest BCUT2D eigenvalue weighted by atomic mass is 19.2. The number of rotatable bonds is 3. The smallest absolute Gasteiger partial charge is 0.343 e. The molecule has 27 heavy (non-hydrogen) atoms. The Morgan fingerprint density at radius 2 is 2.15 bits per heavy atom. The maximum atomic E-state index is 14.4. The first-order valence-electron chi connectivity index (χ1n) is 8.27. The van der Waals surface area contributed by atoms with E-state index in [0.29, 0.717) is 13.0 Å². The Hall–Kier alpha value is -2.88. The Bertz CT molecular complexity index is 1040. The highest BCUT2D eigenvalue weighted by Crippen LogP contribution is 2.44. The van der Waals surface area contributed by atoms with Crippen molar-refractivity contribution in [1.82, 2.24) is 4.57 Å². The number of halogens is 2. The van der Waals surface area contributed by atoms with Gasteiger partial charge >= 0.3 is 5.97 Å². The van der Waals surface area contributed by atoms with Crippen molar-refractivity contribution >= 4 is 22.6 Å². The zero-order valence-corrected chi connectivity index (χ0v) is 14.2. The number of esters is 1. The lowest BCUT2D eigenvalue weighted by molar-refractivity contribution is 0.0521. The van der Waals surface area contributed by atoms with Crippen molar-refractivity contribution in [2.24, 2.45) is 5.18 Å². The summed E-state index contributed by atoms with van der Waals surface area (Å²) in [4.78, 5) is 36.3. The van der Waals surface area contributed by atoms with Gasteiger partial charge in [-0.15, -0.1) is 4.91 Å². The summed E-state index contributed by atoms with van der Waals surface area (Å²) in [7, 11) is 0. The van der Waals surface area contributed by atoms with Gasteiger partial charge in [0, 0.05) is 12.8 Å². The molecule has 0 aliphatic carbocycles. The van der Waals surface area contributed by atoms with Crippen LogP contribution < -0.4 is 10.2 Å². The standard InChI is InChI=1S/C17H14F2N2O6/c1-2-26-16(23)8-5-21-13-9(14(8)22)12(20-24)10(18)11(19)15(13)27-7-17(21)3-4-25-6-17/h5H,2-4,6-7H2,1H3. The molecule has 0 bridgehead atoms. The van der Waals surface area contributed by atoms with E-state index in [1.54, 1.807) is 6.92 Å². The SMILES string of the molecule is CCOC(=O)c1cn2c3c(c(F)c(F)c(N=O)c3c1=O)OCC21CCOC1. The zero-order chi connectivity index (χ0) is 19.3. The molecule has 2 aliphatic heterocycles. The molecule has 1 unspecified atom stereocenters. The van der Waals surface area contributed by atoms with Crippen LogP contribution in [-0.4, -0.2) is 37.0 Å². The number of nitroso groups, excluding NO2 is 1. The maximum Gasteiger partial charge on any atom is 0.343 e. The third-order valence-corrected chi connectivity index (χ3v) is 4.92. The van der Waals surface area contributed by atoms with Crippen molar-refractivity contribution in [3.8, 4) is 5.75 Å². The van der Waals surface area contributed by atoms with E-state index in [4.69, 9.17) is 14.2 Å². The van der Waals surface area contributed by atoms with Crippen molar-refractivity contribution in [2.45, 2.75) is 18.9 Å². The zero-order valence-electron chi connectivity index (χ0n) is 14.2. The fourth-order valence-electron chi connectivity index (χ4n) is 3.60. The maximum absolute atomic E-state index is 14.4. The van der Waals surface area contributed by atoms with Crippen LogP contribution in [0.2, 0.25) is 0 Å². The summed E-state index contributed by atoms with van der Waals surface area (Å²) < 4.78 is 46.0. The molecule has 1 atom stereocenters. The van der Waals surface area contributed by atoms with Crippen LogP contribution in [0.4, 0.5) is 14.5 Å². The third kappa shape index (κ3) is 2.29. The second-order valence-electron chi connectivity index (χ2n) is 6.40. The number of benzene rings is 1. The minimum absolute atomic E-state index is 0.00942. The van der Waals surface area contributed by atoms with Gasteiger partial charge in [-0.2, -0.15) is 4.39 Å². The van der Waals surface area contributed by atoms with Gasteiger partial charge in [0.25, 0.3) is 0 Å². The predicted octanol–water partition coefficient (Wildman–Crippen LogP) is 2.36. The molecule has 1 spiro atoms. The van der Waals surface area contributed by atoms with Gasteiger partial charge in [0.15, 0.2) is 17.3 Å². The Balaban J connectivity index is 2.19. The van der Waals surface area contributed by atoms with Crippen molar-refractivity contribution in [1.29, 1.82) is 0 Å². The monoisotopic (exact) mass is 380 g/mol. The van der Waals surface area contributed by atoms with Crippen LogP contribution in [0.1, 0.15) is 23.7 Å². The van der Waals surface area contributed by atoms with E-state index in [2.05, 4.69) is 5.18 Å². The fraction of sp³-hybridized carbons (Fsp3) is 0.412. The van der Waals surface area contributed by atoms with Gasteiger partial charge in [-0.05, 0) is 18.5 Å². The van der Waals surface area contributed by atoms with Crippen molar-refractivity contribution in [3.05, 3.63) is 38.5 Å². The Morgan fingerprint density at radius 1 is 1.37 bits per heavy atom. The van der Waals surface area contributed by atoms with Crippen LogP contribution in [0.5, 0.6) is 5.75 Å². The van der Waals surface area contributed by atoms with Gasteiger partial charge in [-0.3, -0.25) is 4.79 Å². The van der Waals surface area contributed by atoms with E-state index in [-0.39, 0.29) is 25.3 Å². The number of carbonyl (C=O) groups is 1. The van der Waals surface area contributed by atoms with Crippen LogP contribution in [0.25, 0.3) is 10.9 Å². The predicted molar refractivity (Wildman–Crippen MR) is 88.4 cm³/mol. The molecule has 0 radical (unpaired) electrons. The summed E-state index contributed by atoms with van der Waals surface area (Å²) in [6, 6.07) is 0. The molecule has 8 nitrogen and oxygen atoms in total. The molecule has 142 valence electrons. The molecule has 1 fully saturated rings. The number of nitrogens with zero attached hydrogens (tertiary/aromatic N) is 2. The molecule has 0 amide bonds. The molecule has 1 aromatic carbocycles. The van der Waals surface area contributed by atoms with Gasteiger partial charge in [0.1, 0.15) is 23.2 Å². The number of aromatic nitrogens is 1. The number of hydrogen-bond acceptors (Lipinski definition) is 7. The lowest BCUT2D eigenvalue weighted by atomic mass is 9.95. The van der Waals surface area contributed by atoms with Crippen LogP contribution in [-0.2, 0) is 15.0 Å². The summed E-state index contributed by atoms with van der Waals surface area (Å²) in [5, 5.41) is 1.99. The fourth-order valence-corrected chi connectivity index (χ4v) is 3.60. The lowest BCUT2D eigenvalue weighted by Gasteiger charge is -2.37. The highest BCUT2D eigenvalue weighted by molar-refractivity contribution is 6.00. The van der Waals surface area contributed by atoms with E-state index in [9.17, 15) is 23.3 Å². The minimum atomic E-state index is -1.60. The average molecular weight is 380 g/mol. The van der Waals surface area contributed by atoms with Gasteiger partial charge in [0.2, 0.25) is 11.2 Å². The number of carbonyl (C=O) groups excluding carboxylic acids is 1. The van der Waals surface area contributed by atoms with Gasteiger partial charge < -0.3 is 18.8 Å². The molecule has 2 aromatic rings. The largest absolute Gasteiger partial charge is 0.486 e. The second kappa shape index (κ2) is 6.08. The molecular weight excluding hydrogens is 366 g/mol. The molecule has 2 aliphatic rings. The van der Waals surface area contributed by atoms with E-state index < -0.39 is 51.0 Å². The van der Waals surface area contributed by atoms with Crippen LogP contribution >= 0.6 is 0 Å². The molecule has 0 N–H and O–H groups in total. The lowest BCUT2D eigenvalue weighted by Crippen LogP contribution is -2.44. The van der Waals surface area contributed by atoms with Crippen molar-refractivity contribution in [2.75, 3.05) is 26.4 Å². The molecule has 1 aromatic heterocycles. The number of ether oxygens (including phenoxy) is 3. The second-order valence-corrected chi connectivity index (χ2v) is 6.40. The summed E-state index contributed by atoms with van der Waals surface area (Å²) in [6.07, 6.45) is 1.69. The van der Waals surface area contributed by atoms with Gasteiger partial charge in [0.05, 0.1) is 18.6 Å². The molecule has 3 heterocycles. The Kier molecular flexibility index (Phi) is 3.95. The first kappa shape index (κ1) is 17.5. The van der Waals surface area contributed by atoms with Crippen LogP contribution in [0.15, 0.2) is 16.2 Å². The molecule has 4 rings (SSSR count). The molecule has 10 heteroatoms.